The molecule has 39 valence electrons. The zero-order valence-electron chi connectivity index (χ0n) is 2.84. The quantitative estimate of drug-likeness (QED) is 0.112. The van der Waals surface area contributed by atoms with Crippen molar-refractivity contribution >= 4 is 0 Å². The number of rotatable bonds is 0. The Balaban J connectivity index is 0. The minimum atomic E-state index is 1.88. The molecule has 0 aliphatic rings. The number of hydrazine groups is 1. The summed E-state index contributed by atoms with van der Waals surface area (Å²) in [5.41, 5.74) is 11.0. The van der Waals surface area contributed by atoms with E-state index in [0.717, 1.165) is 0 Å². The Labute approximate surface area is 42.9 Å². The summed E-state index contributed by atoms with van der Waals surface area (Å²) in [4.78, 5) is 2.00. The Morgan fingerprint density at radius 3 is 1.67 bits per heavy atom. The van der Waals surface area contributed by atoms with Crippen molar-refractivity contribution in [1.82, 2.24) is 9.42 Å². The van der Waals surface area contributed by atoms with E-state index in [1.807, 2.05) is 9.42 Å². The predicted octanol–water partition coefficient (Wildman–Crippen LogP) is -0.973. The summed E-state index contributed by atoms with van der Waals surface area (Å²) >= 11 is 3.69. The van der Waals surface area contributed by atoms with Crippen LogP contribution in [0.2, 0.25) is 0 Å². The van der Waals surface area contributed by atoms with Gasteiger partial charge in [0.1, 0.15) is 11.1 Å². The third-order valence-corrected chi connectivity index (χ3v) is 0. The maximum absolute atomic E-state index is 5.50. The average Bonchev–Trinajstić information content (AvgIpc) is 1.39. The monoisotopic (exact) mass is 133 g/mol. The van der Waals surface area contributed by atoms with Gasteiger partial charge < -0.3 is 0 Å². The molecule has 5 N–H and O–H groups in total. The molecular weight excluding hydrogens is 129 g/mol. The van der Waals surface area contributed by atoms with Crippen LogP contribution in [0.5, 0.6) is 0 Å². The summed E-state index contributed by atoms with van der Waals surface area (Å²) in [7, 11) is 0. The van der Waals surface area contributed by atoms with Crippen LogP contribution in [0.1, 0.15) is 0 Å². The number of nitrogens with zero attached hydrogens (tertiary/aromatic N) is 1. The SMILES string of the molecule is N=[N+]=N.N[NH][Ni]. The Morgan fingerprint density at radius 1 is 1.67 bits per heavy atom. The summed E-state index contributed by atoms with van der Waals surface area (Å²) in [6.07, 6.45) is 0. The number of hydrogen-bond acceptors (Lipinski definition) is 4. The van der Waals surface area contributed by atoms with Gasteiger partial charge in [-0.05, 0) is 0 Å². The van der Waals surface area contributed by atoms with E-state index < -0.39 is 0 Å². The zero-order chi connectivity index (χ0) is 5.41. The molecule has 5 nitrogen and oxygen atoms in total. The fraction of sp³-hybridized carbons (Fsp3) is 0. The number of hydrogen-bond donors (Lipinski definition) is 4. The summed E-state index contributed by atoms with van der Waals surface area (Å²) in [6, 6.07) is 0. The molecule has 0 saturated heterocycles. The van der Waals surface area contributed by atoms with E-state index >= 15 is 0 Å². The molecule has 0 radical (unpaired) electrons. The third kappa shape index (κ3) is 361. The molecule has 0 amide bonds. The zero-order valence-corrected chi connectivity index (χ0v) is 3.83. The third-order valence-electron chi connectivity index (χ3n) is 0. The van der Waals surface area contributed by atoms with Gasteiger partial charge in [-0.25, -0.2) is 0 Å². The summed E-state index contributed by atoms with van der Waals surface area (Å²) in [5.74, 6) is 4.43. The van der Waals surface area contributed by atoms with Crippen molar-refractivity contribution in [2.75, 3.05) is 0 Å². The van der Waals surface area contributed by atoms with Gasteiger partial charge in [0.25, 0.3) is 0 Å². The summed E-state index contributed by atoms with van der Waals surface area (Å²) < 4.78 is 1.88. The van der Waals surface area contributed by atoms with Crippen molar-refractivity contribution in [3.05, 3.63) is 0 Å². The van der Waals surface area contributed by atoms with E-state index in [4.69, 9.17) is 11.1 Å². The first kappa shape index (κ1) is 9.21. The number of nitrogens with one attached hydrogen (secondary N) is 3. The Morgan fingerprint density at radius 2 is 1.67 bits per heavy atom. The van der Waals surface area contributed by atoms with Gasteiger partial charge in [0.05, 0.1) is 0 Å². The molecule has 0 atom stereocenters. The average molecular weight is 134 g/mol. The van der Waals surface area contributed by atoms with E-state index in [-0.39, 0.29) is 0 Å². The molecule has 0 aliphatic heterocycles. The van der Waals surface area contributed by atoms with Crippen molar-refractivity contribution < 1.29 is 15.7 Å². The Kier molecular flexibility index (Phi) is 33.8. The van der Waals surface area contributed by atoms with Crippen LogP contribution >= 0.6 is 0 Å². The van der Waals surface area contributed by atoms with Crippen LogP contribution in [0.4, 0.5) is 0 Å². The molecule has 0 heterocycles. The fourth-order valence-corrected chi connectivity index (χ4v) is 0. The van der Waals surface area contributed by atoms with Crippen molar-refractivity contribution in [2.24, 2.45) is 5.84 Å². The van der Waals surface area contributed by atoms with Gasteiger partial charge >= 0.3 is 26.0 Å². The molecule has 0 fully saturated rings. The molecule has 0 aromatic heterocycles. The second-order valence-corrected chi connectivity index (χ2v) is 0.488. The van der Waals surface area contributed by atoms with Crippen molar-refractivity contribution in [2.45, 2.75) is 0 Å². The van der Waals surface area contributed by atoms with Crippen molar-refractivity contribution in [3.63, 3.8) is 0 Å². The molecule has 0 unspecified atom stereocenters. The molecule has 0 rings (SSSR count). The standard InChI is InChI=1S/H2N3.H3N2.Ni/c1-3-2;1-2;/h1-2H;1H,2H2;/q+1;-1;+1. The molecule has 0 aromatic carbocycles. The first-order valence-corrected chi connectivity index (χ1v) is 1.39. The van der Waals surface area contributed by atoms with Crippen molar-refractivity contribution in [3.8, 4) is 0 Å². The fourth-order valence-electron chi connectivity index (χ4n) is 0. The normalized spacial score (nSPS) is 4.50. The van der Waals surface area contributed by atoms with Crippen molar-refractivity contribution in [1.29, 1.82) is 11.1 Å². The van der Waals surface area contributed by atoms with E-state index in [0.29, 0.717) is 0 Å². The van der Waals surface area contributed by atoms with E-state index in [2.05, 4.69) is 21.5 Å². The molecule has 6 heavy (non-hydrogen) atoms. The van der Waals surface area contributed by atoms with Gasteiger partial charge in [-0.1, -0.05) is 0 Å². The van der Waals surface area contributed by atoms with Gasteiger partial charge in [-0.3, -0.25) is 0 Å². The van der Waals surface area contributed by atoms with E-state index in [1.165, 1.54) is 0 Å². The minimum absolute atomic E-state index is 1.88. The van der Waals surface area contributed by atoms with Crippen LogP contribution in [0, 0.1) is 11.1 Å². The molecule has 0 spiro atoms. The van der Waals surface area contributed by atoms with Crippen LogP contribution in [-0.2, 0) is 15.7 Å². The summed E-state index contributed by atoms with van der Waals surface area (Å²) in [6.45, 7) is 0. The number of nitrogens with two attached hydrogens (primary N) is 1. The molecule has 6 heteroatoms. The van der Waals surface area contributed by atoms with Gasteiger partial charge in [0.2, 0.25) is 4.91 Å². The first-order chi connectivity index (χ1) is 2.83. The van der Waals surface area contributed by atoms with E-state index in [9.17, 15) is 0 Å². The van der Waals surface area contributed by atoms with Gasteiger partial charge in [-0.2, -0.15) is 0 Å². The maximum atomic E-state index is 5.50. The van der Waals surface area contributed by atoms with Crippen LogP contribution in [0.3, 0.4) is 0 Å². The van der Waals surface area contributed by atoms with E-state index in [1.54, 1.807) is 0 Å². The molecular formula is H5N5Ni+. The van der Waals surface area contributed by atoms with Crippen LogP contribution in [0.15, 0.2) is 0 Å². The molecule has 0 aliphatic carbocycles. The molecule has 0 saturated carbocycles. The second-order valence-electron chi connectivity index (χ2n) is 0.203. The second kappa shape index (κ2) is 22.0. The van der Waals surface area contributed by atoms with Crippen LogP contribution in [-0.4, -0.2) is 0 Å². The van der Waals surface area contributed by atoms with Crippen LogP contribution in [0.25, 0.3) is 0 Å². The predicted molar refractivity (Wildman–Crippen MR) is 14.9 cm³/mol. The molecule has 0 aromatic rings. The van der Waals surface area contributed by atoms with Gasteiger partial charge in [0, 0.05) is 0 Å². The Bertz CT molecular complexity index is 33.2. The van der Waals surface area contributed by atoms with Gasteiger partial charge in [-0.15, -0.1) is 0 Å². The Hall–Kier alpha value is -0.276. The van der Waals surface area contributed by atoms with Gasteiger partial charge in [0.15, 0.2) is 0 Å². The van der Waals surface area contributed by atoms with Crippen LogP contribution < -0.4 is 15.3 Å². The summed E-state index contributed by atoms with van der Waals surface area (Å²) in [5, 5.41) is 0. The first-order valence-electron chi connectivity index (χ1n) is 0.894. The topological polar surface area (TPSA) is 99.9 Å². The molecule has 0 bridgehead atoms.